The molecule has 2 aliphatic rings. The number of nitrogens with zero attached hydrogens (tertiary/aromatic N) is 2. The number of hydrogen-bond acceptors (Lipinski definition) is 0. The summed E-state index contributed by atoms with van der Waals surface area (Å²) in [6, 6.07) is 1.22. The van der Waals surface area contributed by atoms with Crippen molar-refractivity contribution in [2.75, 3.05) is 0 Å². The van der Waals surface area contributed by atoms with Gasteiger partial charge in [0.15, 0.2) is 0 Å². The van der Waals surface area contributed by atoms with E-state index in [0.29, 0.717) is 18.1 Å². The number of halogens is 2. The van der Waals surface area contributed by atoms with E-state index in [1.807, 2.05) is 0 Å². The molecule has 0 bridgehead atoms. The van der Waals surface area contributed by atoms with Crippen molar-refractivity contribution in [1.82, 2.24) is 0 Å². The summed E-state index contributed by atoms with van der Waals surface area (Å²) in [5.74, 6) is 0. The Morgan fingerprint density at radius 2 is 2.00 bits per heavy atom. The first kappa shape index (κ1) is 15.5. The van der Waals surface area contributed by atoms with E-state index in [1.165, 1.54) is 25.0 Å². The molecule has 0 amide bonds. The third-order valence-corrected chi connectivity index (χ3v) is 2.88. The molecule has 0 aromatic heterocycles. The van der Waals surface area contributed by atoms with Crippen LogP contribution in [-0.4, -0.2) is 18.1 Å². The molecule has 5 heteroatoms. The zero-order valence-electron chi connectivity index (χ0n) is 10.1. The topological polar surface area (TPSA) is 28.2 Å². The molecule has 3 atom stereocenters. The zero-order chi connectivity index (χ0) is 12.7. The summed E-state index contributed by atoms with van der Waals surface area (Å²) < 4.78 is 0. The Labute approximate surface area is 120 Å². The summed E-state index contributed by atoms with van der Waals surface area (Å²) in [4.78, 5) is 0. The standard InChI is InChI=1S/C12H18N2.2ClH.Pd/c1-9-5-3-7-11(13-9)12-8-4-6-10(2)14-12;;;/h3,5,7,9-10,12H,4,6,8H2,1-2H3;2*1H;/q-2;;;+2/p-2. The van der Waals surface area contributed by atoms with Gasteiger partial charge in [0.1, 0.15) is 0 Å². The van der Waals surface area contributed by atoms with Crippen LogP contribution in [0.2, 0.25) is 0 Å². The summed E-state index contributed by atoms with van der Waals surface area (Å²) in [7, 11) is 9.63. The minimum atomic E-state index is -0.106. The van der Waals surface area contributed by atoms with Crippen LogP contribution in [0.5, 0.6) is 0 Å². The van der Waals surface area contributed by atoms with Gasteiger partial charge in [-0.15, -0.1) is 18.1 Å². The Hall–Kier alpha value is 0.482. The third kappa shape index (κ3) is 5.77. The van der Waals surface area contributed by atoms with Crippen molar-refractivity contribution in [1.29, 1.82) is 0 Å². The molecule has 0 N–H and O–H groups in total. The maximum absolute atomic E-state index is 4.81. The molecule has 0 spiro atoms. The molecule has 0 aliphatic carbocycles. The van der Waals surface area contributed by atoms with Crippen LogP contribution in [0.25, 0.3) is 10.6 Å². The van der Waals surface area contributed by atoms with Crippen molar-refractivity contribution in [2.24, 2.45) is 0 Å². The van der Waals surface area contributed by atoms with Crippen LogP contribution in [0.3, 0.4) is 0 Å². The Bertz CT molecular complexity index is 282. The van der Waals surface area contributed by atoms with E-state index >= 15 is 0 Å². The van der Waals surface area contributed by atoms with Gasteiger partial charge < -0.3 is 10.6 Å². The minimum absolute atomic E-state index is 0.106. The van der Waals surface area contributed by atoms with Gasteiger partial charge in [-0.2, -0.15) is 5.70 Å². The molecule has 17 heavy (non-hydrogen) atoms. The Balaban J connectivity index is 0.000000437. The van der Waals surface area contributed by atoms with E-state index in [-0.39, 0.29) is 15.9 Å². The molecule has 0 saturated carbocycles. The molecule has 1 saturated heterocycles. The van der Waals surface area contributed by atoms with Gasteiger partial charge in [0.25, 0.3) is 0 Å². The van der Waals surface area contributed by atoms with Crippen molar-refractivity contribution in [3.63, 3.8) is 0 Å². The van der Waals surface area contributed by atoms with Crippen molar-refractivity contribution in [3.8, 4) is 0 Å². The predicted molar refractivity (Wildman–Crippen MR) is 72.2 cm³/mol. The van der Waals surface area contributed by atoms with Crippen LogP contribution in [0.1, 0.15) is 33.1 Å². The Kier molecular flexibility index (Phi) is 7.83. The average Bonchev–Trinajstić information content (AvgIpc) is 2.30. The van der Waals surface area contributed by atoms with Crippen molar-refractivity contribution in [2.45, 2.75) is 51.2 Å². The van der Waals surface area contributed by atoms with E-state index in [0.717, 1.165) is 0 Å². The fourth-order valence-corrected chi connectivity index (χ4v) is 2.12. The molecular weight excluding hydrogens is 349 g/mol. The van der Waals surface area contributed by atoms with Crippen LogP contribution < -0.4 is 0 Å². The van der Waals surface area contributed by atoms with Crippen LogP contribution in [0, 0.1) is 0 Å². The third-order valence-electron chi connectivity index (χ3n) is 2.88. The summed E-state index contributed by atoms with van der Waals surface area (Å²) in [6.45, 7) is 4.32. The van der Waals surface area contributed by atoms with Crippen LogP contribution in [0.4, 0.5) is 0 Å². The summed E-state index contributed by atoms with van der Waals surface area (Å²) in [6.07, 6.45) is 10.1. The van der Waals surface area contributed by atoms with Crippen LogP contribution >= 0.6 is 19.1 Å². The van der Waals surface area contributed by atoms with Gasteiger partial charge in [0, 0.05) is 0 Å². The molecule has 2 aliphatic heterocycles. The molecule has 2 nitrogen and oxygen atoms in total. The first-order valence-electron chi connectivity index (χ1n) is 5.79. The van der Waals surface area contributed by atoms with Crippen molar-refractivity contribution < 1.29 is 15.9 Å². The maximum atomic E-state index is 4.81. The zero-order valence-corrected chi connectivity index (χ0v) is 13.1. The molecule has 0 aromatic carbocycles. The SMILES string of the molecule is CC1C=CC=C(C2CCCC(C)[N-]2)[N-]1.[Cl][Pd][Cl]. The molecule has 102 valence electrons. The van der Waals surface area contributed by atoms with E-state index < -0.39 is 0 Å². The van der Waals surface area contributed by atoms with Crippen LogP contribution in [0.15, 0.2) is 23.9 Å². The van der Waals surface area contributed by atoms with Gasteiger partial charge >= 0.3 is 35.0 Å². The quantitative estimate of drug-likeness (QED) is 0.590. The van der Waals surface area contributed by atoms with Gasteiger partial charge in [-0.1, -0.05) is 51.3 Å². The predicted octanol–water partition coefficient (Wildman–Crippen LogP) is 4.89. The van der Waals surface area contributed by atoms with Gasteiger partial charge in [-0.05, 0) is 0 Å². The van der Waals surface area contributed by atoms with Crippen molar-refractivity contribution >= 4 is 19.1 Å². The van der Waals surface area contributed by atoms with Crippen LogP contribution in [-0.2, 0) is 15.9 Å². The fourth-order valence-electron chi connectivity index (χ4n) is 2.12. The van der Waals surface area contributed by atoms with E-state index in [9.17, 15) is 0 Å². The van der Waals surface area contributed by atoms with Gasteiger partial charge in [0.05, 0.1) is 0 Å². The number of hydrogen-bond donors (Lipinski definition) is 0. The normalized spacial score (nSPS) is 32.2. The second kappa shape index (κ2) is 8.56. The number of allylic oxidation sites excluding steroid dienone is 2. The number of piperidine rings is 1. The first-order valence-corrected chi connectivity index (χ1v) is 9.79. The fraction of sp³-hybridized carbons (Fsp3) is 0.667. The van der Waals surface area contributed by atoms with E-state index in [1.54, 1.807) is 0 Å². The molecule has 2 rings (SSSR count). The summed E-state index contributed by atoms with van der Waals surface area (Å²) in [5.41, 5.74) is 1.19. The van der Waals surface area contributed by atoms with Gasteiger partial charge in [0.2, 0.25) is 0 Å². The second-order valence-corrected chi connectivity index (χ2v) is 6.70. The molecule has 1 fully saturated rings. The Morgan fingerprint density at radius 1 is 1.29 bits per heavy atom. The van der Waals surface area contributed by atoms with E-state index in [4.69, 9.17) is 24.4 Å². The Morgan fingerprint density at radius 3 is 2.59 bits per heavy atom. The molecular formula is C12H18Cl2N2Pd-2. The molecule has 3 unspecified atom stereocenters. The molecule has 2 heterocycles. The van der Waals surface area contributed by atoms with E-state index in [2.05, 4.69) is 37.4 Å². The van der Waals surface area contributed by atoms with Gasteiger partial charge in [-0.3, -0.25) is 0 Å². The molecule has 0 aromatic rings. The second-order valence-electron chi connectivity index (χ2n) is 4.34. The monoisotopic (exact) mass is 366 g/mol. The van der Waals surface area contributed by atoms with Gasteiger partial charge in [-0.25, -0.2) is 0 Å². The summed E-state index contributed by atoms with van der Waals surface area (Å²) in [5, 5.41) is 9.37. The van der Waals surface area contributed by atoms with Crippen molar-refractivity contribution in [3.05, 3.63) is 34.6 Å². The average molecular weight is 368 g/mol. The summed E-state index contributed by atoms with van der Waals surface area (Å²) >= 11 is -0.106. The first-order chi connectivity index (χ1) is 8.17. The number of rotatable bonds is 1. The molecule has 0 radical (unpaired) electrons.